The summed E-state index contributed by atoms with van der Waals surface area (Å²) in [5.41, 5.74) is -0.451. The van der Waals surface area contributed by atoms with Crippen LogP contribution in [0.4, 0.5) is 4.79 Å². The summed E-state index contributed by atoms with van der Waals surface area (Å²) in [5.74, 6) is -0.531. The van der Waals surface area contributed by atoms with Gasteiger partial charge in [-0.15, -0.1) is 0 Å². The standard InChI is InChI=1S/C23H27N3O3/c1-23(19-12-11-17-9-5-6-10-18(17)15-19)21(28)26(22(29)24-23)16-20(27)25-13-7-3-2-4-8-14-25/h5-6,9-12,15H,2-4,7-8,13-14,16H2,1H3,(H,24,29). The Labute approximate surface area is 170 Å². The van der Waals surface area contributed by atoms with Gasteiger partial charge in [0.25, 0.3) is 5.91 Å². The first-order valence-corrected chi connectivity index (χ1v) is 10.4. The summed E-state index contributed by atoms with van der Waals surface area (Å²) in [7, 11) is 0. The Morgan fingerprint density at radius 1 is 0.966 bits per heavy atom. The van der Waals surface area contributed by atoms with Crippen LogP contribution in [-0.2, 0) is 15.1 Å². The first-order valence-electron chi connectivity index (χ1n) is 10.4. The second-order valence-electron chi connectivity index (χ2n) is 8.16. The maximum Gasteiger partial charge on any atom is 0.325 e. The second-order valence-corrected chi connectivity index (χ2v) is 8.16. The van der Waals surface area contributed by atoms with Crippen molar-refractivity contribution < 1.29 is 14.4 Å². The van der Waals surface area contributed by atoms with E-state index in [-0.39, 0.29) is 18.4 Å². The predicted octanol–water partition coefficient (Wildman–Crippen LogP) is 3.40. The predicted molar refractivity (Wildman–Crippen MR) is 111 cm³/mol. The van der Waals surface area contributed by atoms with Gasteiger partial charge in [-0.3, -0.25) is 14.5 Å². The first-order chi connectivity index (χ1) is 14.0. The molecule has 29 heavy (non-hydrogen) atoms. The molecule has 2 aromatic rings. The van der Waals surface area contributed by atoms with Crippen molar-refractivity contribution in [2.75, 3.05) is 19.6 Å². The minimum absolute atomic E-state index is 0.154. The van der Waals surface area contributed by atoms with Gasteiger partial charge in [-0.05, 0) is 42.2 Å². The van der Waals surface area contributed by atoms with Gasteiger partial charge in [-0.25, -0.2) is 4.79 Å². The molecule has 6 nitrogen and oxygen atoms in total. The van der Waals surface area contributed by atoms with E-state index in [0.717, 1.165) is 46.9 Å². The van der Waals surface area contributed by atoms with Crippen LogP contribution in [0.3, 0.4) is 0 Å². The van der Waals surface area contributed by atoms with E-state index in [4.69, 9.17) is 0 Å². The van der Waals surface area contributed by atoms with Gasteiger partial charge in [0.2, 0.25) is 5.91 Å². The van der Waals surface area contributed by atoms with Gasteiger partial charge in [0.05, 0.1) is 0 Å². The molecule has 1 N–H and O–H groups in total. The van der Waals surface area contributed by atoms with Crippen molar-refractivity contribution in [1.82, 2.24) is 15.1 Å². The summed E-state index contributed by atoms with van der Waals surface area (Å²) in [6.07, 6.45) is 5.39. The lowest BCUT2D eigenvalue weighted by molar-refractivity contribution is -0.139. The molecule has 1 atom stereocenters. The van der Waals surface area contributed by atoms with E-state index in [1.807, 2.05) is 42.5 Å². The number of nitrogens with one attached hydrogen (secondary N) is 1. The molecule has 0 saturated carbocycles. The van der Waals surface area contributed by atoms with Crippen molar-refractivity contribution in [2.45, 2.75) is 44.6 Å². The number of amides is 4. The lowest BCUT2D eigenvalue weighted by Gasteiger charge is -2.27. The van der Waals surface area contributed by atoms with Gasteiger partial charge >= 0.3 is 6.03 Å². The molecule has 0 radical (unpaired) electrons. The van der Waals surface area contributed by atoms with Crippen molar-refractivity contribution in [3.05, 3.63) is 48.0 Å². The largest absolute Gasteiger partial charge is 0.341 e. The molecule has 2 heterocycles. The third-order valence-corrected chi connectivity index (χ3v) is 6.10. The van der Waals surface area contributed by atoms with Crippen LogP contribution in [0.2, 0.25) is 0 Å². The highest BCUT2D eigenvalue weighted by Gasteiger charge is 2.49. The van der Waals surface area contributed by atoms with E-state index in [2.05, 4.69) is 5.32 Å². The smallest absolute Gasteiger partial charge is 0.325 e. The molecule has 4 rings (SSSR count). The number of rotatable bonds is 3. The number of benzene rings is 2. The molecule has 4 amide bonds. The first kappa shape index (κ1) is 19.4. The molecule has 0 aromatic heterocycles. The van der Waals surface area contributed by atoms with Crippen LogP contribution in [0.25, 0.3) is 10.8 Å². The molecule has 152 valence electrons. The molecule has 2 aromatic carbocycles. The van der Waals surface area contributed by atoms with Crippen LogP contribution in [-0.4, -0.2) is 47.3 Å². The Morgan fingerprint density at radius 2 is 1.62 bits per heavy atom. The molecular weight excluding hydrogens is 366 g/mol. The SMILES string of the molecule is CC1(c2ccc3ccccc3c2)NC(=O)N(CC(=O)N2CCCCCCC2)C1=O. The Bertz CT molecular complexity index is 949. The van der Waals surface area contributed by atoms with Gasteiger partial charge in [-0.2, -0.15) is 0 Å². The van der Waals surface area contributed by atoms with Crippen LogP contribution in [0.1, 0.15) is 44.6 Å². The average Bonchev–Trinajstić information content (AvgIpc) is 2.91. The van der Waals surface area contributed by atoms with E-state index >= 15 is 0 Å². The summed E-state index contributed by atoms with van der Waals surface area (Å²) in [6, 6.07) is 13.1. The van der Waals surface area contributed by atoms with Crippen LogP contribution >= 0.6 is 0 Å². The lowest BCUT2D eigenvalue weighted by atomic mass is 9.90. The lowest BCUT2D eigenvalue weighted by Crippen LogP contribution is -2.45. The topological polar surface area (TPSA) is 69.7 Å². The van der Waals surface area contributed by atoms with Gasteiger partial charge in [-0.1, -0.05) is 55.7 Å². The maximum absolute atomic E-state index is 13.2. The van der Waals surface area contributed by atoms with Crippen molar-refractivity contribution >= 4 is 28.6 Å². The van der Waals surface area contributed by atoms with Crippen LogP contribution < -0.4 is 5.32 Å². The molecule has 2 saturated heterocycles. The second kappa shape index (κ2) is 7.85. The third kappa shape index (κ3) is 3.71. The molecular formula is C23H27N3O3. The van der Waals surface area contributed by atoms with Gasteiger partial charge in [0.15, 0.2) is 0 Å². The summed E-state index contributed by atoms with van der Waals surface area (Å²) in [6.45, 7) is 2.90. The monoisotopic (exact) mass is 393 g/mol. The molecule has 2 aliphatic rings. The number of urea groups is 1. The fourth-order valence-corrected chi connectivity index (χ4v) is 4.27. The van der Waals surface area contributed by atoms with Crippen molar-refractivity contribution in [2.24, 2.45) is 0 Å². The molecule has 0 aliphatic carbocycles. The number of hydrogen-bond donors (Lipinski definition) is 1. The molecule has 2 fully saturated rings. The summed E-state index contributed by atoms with van der Waals surface area (Å²) >= 11 is 0. The van der Waals surface area contributed by atoms with Gasteiger partial charge < -0.3 is 10.2 Å². The van der Waals surface area contributed by atoms with E-state index in [9.17, 15) is 14.4 Å². The summed E-state index contributed by atoms with van der Waals surface area (Å²) in [4.78, 5) is 41.4. The third-order valence-electron chi connectivity index (χ3n) is 6.10. The minimum atomic E-state index is -1.17. The Morgan fingerprint density at radius 3 is 2.34 bits per heavy atom. The summed E-state index contributed by atoms with van der Waals surface area (Å²) in [5, 5.41) is 4.88. The van der Waals surface area contributed by atoms with Gasteiger partial charge in [0, 0.05) is 13.1 Å². The van der Waals surface area contributed by atoms with Crippen molar-refractivity contribution in [1.29, 1.82) is 0 Å². The van der Waals surface area contributed by atoms with E-state index in [1.54, 1.807) is 11.8 Å². The fourth-order valence-electron chi connectivity index (χ4n) is 4.27. The van der Waals surface area contributed by atoms with Crippen LogP contribution in [0.5, 0.6) is 0 Å². The number of carbonyl (C=O) groups excluding carboxylic acids is 3. The molecule has 2 aliphatic heterocycles. The number of imide groups is 1. The number of fused-ring (bicyclic) bond motifs is 1. The van der Waals surface area contributed by atoms with Crippen molar-refractivity contribution in [3.63, 3.8) is 0 Å². The minimum Gasteiger partial charge on any atom is -0.341 e. The molecule has 6 heteroatoms. The quantitative estimate of drug-likeness (QED) is 0.813. The highest BCUT2D eigenvalue weighted by atomic mass is 16.2. The Balaban J connectivity index is 1.53. The zero-order chi connectivity index (χ0) is 20.4. The summed E-state index contributed by atoms with van der Waals surface area (Å²) < 4.78 is 0. The zero-order valence-corrected chi connectivity index (χ0v) is 16.8. The average molecular weight is 393 g/mol. The maximum atomic E-state index is 13.2. The highest BCUT2D eigenvalue weighted by molar-refractivity contribution is 6.09. The van der Waals surface area contributed by atoms with Gasteiger partial charge in [0.1, 0.15) is 12.1 Å². The Hall–Kier alpha value is -2.89. The van der Waals surface area contributed by atoms with E-state index in [0.29, 0.717) is 13.1 Å². The molecule has 1 unspecified atom stereocenters. The number of carbonyl (C=O) groups is 3. The highest BCUT2D eigenvalue weighted by Crippen LogP contribution is 2.31. The number of nitrogens with zero attached hydrogens (tertiary/aromatic N) is 2. The van der Waals surface area contributed by atoms with Crippen LogP contribution in [0.15, 0.2) is 42.5 Å². The number of hydrogen-bond acceptors (Lipinski definition) is 3. The Kier molecular flexibility index (Phi) is 5.26. The molecule has 0 spiro atoms. The number of likely N-dealkylation sites (tertiary alicyclic amines) is 1. The fraction of sp³-hybridized carbons (Fsp3) is 0.435. The van der Waals surface area contributed by atoms with E-state index < -0.39 is 11.6 Å². The normalized spacial score (nSPS) is 23.1. The molecule has 0 bridgehead atoms. The zero-order valence-electron chi connectivity index (χ0n) is 16.8. The van der Waals surface area contributed by atoms with Crippen LogP contribution in [0, 0.1) is 0 Å². The van der Waals surface area contributed by atoms with Crippen molar-refractivity contribution in [3.8, 4) is 0 Å². The van der Waals surface area contributed by atoms with E-state index in [1.165, 1.54) is 6.42 Å².